The van der Waals surface area contributed by atoms with E-state index in [9.17, 15) is 8.78 Å². The van der Waals surface area contributed by atoms with Crippen molar-refractivity contribution in [3.05, 3.63) is 34.4 Å². The molecule has 0 unspecified atom stereocenters. The summed E-state index contributed by atoms with van der Waals surface area (Å²) in [4.78, 5) is 4.16. The molecule has 0 radical (unpaired) electrons. The van der Waals surface area contributed by atoms with E-state index >= 15 is 0 Å². The van der Waals surface area contributed by atoms with E-state index in [0.717, 1.165) is 18.9 Å². The van der Waals surface area contributed by atoms with Crippen LogP contribution in [0.15, 0.2) is 22.8 Å². The van der Waals surface area contributed by atoms with Crippen molar-refractivity contribution in [2.24, 2.45) is 0 Å². The van der Waals surface area contributed by atoms with E-state index in [0.29, 0.717) is 27.1 Å². The molecule has 0 amide bonds. The van der Waals surface area contributed by atoms with Gasteiger partial charge < -0.3 is 5.32 Å². The molecule has 1 aromatic carbocycles. The van der Waals surface area contributed by atoms with Crippen molar-refractivity contribution in [1.29, 1.82) is 0 Å². The van der Waals surface area contributed by atoms with Crippen LogP contribution < -0.4 is 5.32 Å². The van der Waals surface area contributed by atoms with Crippen molar-refractivity contribution in [1.82, 2.24) is 4.98 Å². The van der Waals surface area contributed by atoms with Crippen molar-refractivity contribution >= 4 is 32.5 Å². The van der Waals surface area contributed by atoms with Crippen LogP contribution in [0.4, 0.5) is 14.6 Å². The molecule has 0 bridgehead atoms. The number of hydrogen-bond donors (Lipinski definition) is 1. The predicted octanol–water partition coefficient (Wildman–Crippen LogP) is 3.85. The zero-order valence-corrected chi connectivity index (χ0v) is 10.4. The Bertz CT molecular complexity index is 597. The normalized spacial score (nSPS) is 15.2. The Hall–Kier alpha value is -1.23. The minimum absolute atomic E-state index is 0.340. The molecule has 1 fully saturated rings. The van der Waals surface area contributed by atoms with Gasteiger partial charge in [0.2, 0.25) is 0 Å². The molecule has 2 nitrogen and oxygen atoms in total. The Balaban J connectivity index is 2.25. The van der Waals surface area contributed by atoms with Gasteiger partial charge in [-0.25, -0.2) is 13.8 Å². The van der Waals surface area contributed by atoms with Crippen LogP contribution in [0.3, 0.4) is 0 Å². The number of nitrogens with zero attached hydrogens (tertiary/aromatic N) is 1. The summed E-state index contributed by atoms with van der Waals surface area (Å²) in [6.07, 6.45) is 3.70. The first-order valence-electron chi connectivity index (χ1n) is 5.35. The average Bonchev–Trinajstić information content (AvgIpc) is 3.06. The summed E-state index contributed by atoms with van der Waals surface area (Å²) in [6.45, 7) is 0. The lowest BCUT2D eigenvalue weighted by atomic mass is 10.1. The Kier molecular flexibility index (Phi) is 2.50. The monoisotopic (exact) mass is 298 g/mol. The number of fused-ring (bicyclic) bond motifs is 1. The van der Waals surface area contributed by atoms with Gasteiger partial charge in [0.25, 0.3) is 0 Å². The predicted molar refractivity (Wildman–Crippen MR) is 66.0 cm³/mol. The fourth-order valence-corrected chi connectivity index (χ4v) is 2.20. The van der Waals surface area contributed by atoms with E-state index in [-0.39, 0.29) is 0 Å². The third-order valence-electron chi connectivity index (χ3n) is 2.77. The Morgan fingerprint density at radius 1 is 1.29 bits per heavy atom. The molecule has 1 aliphatic carbocycles. The number of rotatable bonds is 2. The Morgan fingerprint density at radius 2 is 2.06 bits per heavy atom. The highest BCUT2D eigenvalue weighted by atomic mass is 79.9. The third-order valence-corrected chi connectivity index (χ3v) is 3.41. The number of benzene rings is 1. The molecular weight excluding hydrogens is 290 g/mol. The van der Waals surface area contributed by atoms with Gasteiger partial charge in [-0.2, -0.15) is 0 Å². The van der Waals surface area contributed by atoms with Crippen LogP contribution in [-0.4, -0.2) is 11.0 Å². The minimum Gasteiger partial charge on any atom is -0.367 e. The van der Waals surface area contributed by atoms with Crippen molar-refractivity contribution in [3.63, 3.8) is 0 Å². The molecule has 0 spiro atoms. The van der Waals surface area contributed by atoms with Crippen LogP contribution >= 0.6 is 15.9 Å². The fourth-order valence-electron chi connectivity index (χ4n) is 1.79. The van der Waals surface area contributed by atoms with Crippen LogP contribution in [0, 0.1) is 11.6 Å². The lowest BCUT2D eigenvalue weighted by Gasteiger charge is -2.10. The quantitative estimate of drug-likeness (QED) is 0.911. The topological polar surface area (TPSA) is 24.9 Å². The molecular formula is C12H9BrF2N2. The van der Waals surface area contributed by atoms with Gasteiger partial charge in [0.1, 0.15) is 17.5 Å². The minimum atomic E-state index is -0.586. The fraction of sp³-hybridized carbons (Fsp3) is 0.250. The summed E-state index contributed by atoms with van der Waals surface area (Å²) in [5, 5.41) is 3.99. The number of anilines is 1. The Labute approximate surface area is 105 Å². The SMILES string of the molecule is Fc1cc(F)c2c(NC3CC3)ncc(Br)c2c1. The molecule has 1 aromatic heterocycles. The number of nitrogens with one attached hydrogen (secondary N) is 1. The molecule has 2 aromatic rings. The number of hydrogen-bond acceptors (Lipinski definition) is 2. The van der Waals surface area contributed by atoms with E-state index in [1.54, 1.807) is 6.20 Å². The van der Waals surface area contributed by atoms with Crippen LogP contribution in [0.2, 0.25) is 0 Å². The maximum absolute atomic E-state index is 13.8. The van der Waals surface area contributed by atoms with E-state index in [1.807, 2.05) is 0 Å². The summed E-state index contributed by atoms with van der Waals surface area (Å²) >= 11 is 3.26. The second-order valence-electron chi connectivity index (χ2n) is 4.18. The van der Waals surface area contributed by atoms with Gasteiger partial charge in [-0.15, -0.1) is 0 Å². The van der Waals surface area contributed by atoms with Gasteiger partial charge in [-0.3, -0.25) is 0 Å². The molecule has 0 saturated heterocycles. The third kappa shape index (κ3) is 1.99. The first kappa shape index (κ1) is 10.9. The Morgan fingerprint density at radius 3 is 2.76 bits per heavy atom. The van der Waals surface area contributed by atoms with Gasteiger partial charge in [0, 0.05) is 28.2 Å². The second kappa shape index (κ2) is 3.91. The maximum Gasteiger partial charge on any atom is 0.137 e. The van der Waals surface area contributed by atoms with E-state index in [2.05, 4.69) is 26.2 Å². The van der Waals surface area contributed by atoms with Crippen molar-refractivity contribution in [2.75, 3.05) is 5.32 Å². The first-order valence-corrected chi connectivity index (χ1v) is 6.14. The van der Waals surface area contributed by atoms with Crippen molar-refractivity contribution in [2.45, 2.75) is 18.9 Å². The van der Waals surface area contributed by atoms with Gasteiger partial charge in [0.05, 0.1) is 5.39 Å². The largest absolute Gasteiger partial charge is 0.367 e. The van der Waals surface area contributed by atoms with Gasteiger partial charge in [-0.1, -0.05) is 0 Å². The lowest BCUT2D eigenvalue weighted by molar-refractivity contribution is 0.592. The number of aromatic nitrogens is 1. The van der Waals surface area contributed by atoms with E-state index in [1.165, 1.54) is 6.07 Å². The highest BCUT2D eigenvalue weighted by molar-refractivity contribution is 9.10. The highest BCUT2D eigenvalue weighted by Crippen LogP contribution is 2.33. The zero-order chi connectivity index (χ0) is 12.0. The van der Waals surface area contributed by atoms with Crippen molar-refractivity contribution in [3.8, 4) is 0 Å². The standard InChI is InChI=1S/C12H9BrF2N2/c13-9-5-16-12(17-7-1-2-7)11-8(9)3-6(14)4-10(11)15/h3-5,7H,1-2H2,(H,16,17). The van der Waals surface area contributed by atoms with Gasteiger partial charge in [-0.05, 0) is 34.8 Å². The highest BCUT2D eigenvalue weighted by Gasteiger charge is 2.23. The lowest BCUT2D eigenvalue weighted by Crippen LogP contribution is -2.04. The molecule has 1 N–H and O–H groups in total. The molecule has 1 aliphatic rings. The first-order chi connectivity index (χ1) is 8.15. The summed E-state index contributed by atoms with van der Waals surface area (Å²) in [7, 11) is 0. The van der Waals surface area contributed by atoms with E-state index < -0.39 is 11.6 Å². The summed E-state index contributed by atoms with van der Waals surface area (Å²) in [6, 6.07) is 2.56. The molecule has 0 atom stereocenters. The second-order valence-corrected chi connectivity index (χ2v) is 5.04. The number of pyridine rings is 1. The van der Waals surface area contributed by atoms with Crippen LogP contribution in [0.1, 0.15) is 12.8 Å². The molecule has 1 saturated carbocycles. The van der Waals surface area contributed by atoms with Gasteiger partial charge >= 0.3 is 0 Å². The zero-order valence-electron chi connectivity index (χ0n) is 8.80. The molecule has 17 heavy (non-hydrogen) atoms. The average molecular weight is 299 g/mol. The van der Waals surface area contributed by atoms with Crippen LogP contribution in [-0.2, 0) is 0 Å². The molecule has 5 heteroatoms. The molecule has 1 heterocycles. The molecule has 88 valence electrons. The molecule has 3 rings (SSSR count). The van der Waals surface area contributed by atoms with Crippen LogP contribution in [0.5, 0.6) is 0 Å². The summed E-state index contributed by atoms with van der Waals surface area (Å²) in [5.74, 6) is -0.681. The number of halogens is 3. The summed E-state index contributed by atoms with van der Waals surface area (Å²) in [5.41, 5.74) is 0. The summed E-state index contributed by atoms with van der Waals surface area (Å²) < 4.78 is 27.6. The maximum atomic E-state index is 13.8. The van der Waals surface area contributed by atoms with Crippen LogP contribution in [0.25, 0.3) is 10.8 Å². The smallest absolute Gasteiger partial charge is 0.137 e. The molecule has 0 aliphatic heterocycles. The van der Waals surface area contributed by atoms with Gasteiger partial charge in [0.15, 0.2) is 0 Å². The van der Waals surface area contributed by atoms with Crippen molar-refractivity contribution < 1.29 is 8.78 Å². The van der Waals surface area contributed by atoms with E-state index in [4.69, 9.17) is 0 Å².